The maximum Gasteiger partial charge on any atom is 0.416 e. The minimum absolute atomic E-state index is 0.575. The second-order valence-corrected chi connectivity index (χ2v) is 10.3. The molecule has 3 aromatic carbocycles. The molecule has 0 spiro atoms. The number of carboxylic acids is 1. The van der Waals surface area contributed by atoms with E-state index in [1.165, 1.54) is 31.5 Å². The van der Waals surface area contributed by atoms with Crippen LogP contribution in [0.5, 0.6) is 5.75 Å². The molecule has 0 amide bonds. The van der Waals surface area contributed by atoms with E-state index in [0.717, 1.165) is 67.0 Å². The molecule has 0 bridgehead atoms. The number of ether oxygens (including phenoxy) is 1. The summed E-state index contributed by atoms with van der Waals surface area (Å²) in [5, 5.41) is 15.3. The van der Waals surface area contributed by atoms with Crippen molar-refractivity contribution in [1.82, 2.24) is 5.32 Å². The Morgan fingerprint density at radius 2 is 1.43 bits per heavy atom. The molecule has 3 N–H and O–H groups in total. The fourth-order valence-corrected chi connectivity index (χ4v) is 3.79. The molecule has 3 rings (SSSR count). The summed E-state index contributed by atoms with van der Waals surface area (Å²) in [6.07, 6.45) is 0.461. The summed E-state index contributed by atoms with van der Waals surface area (Å²) in [6, 6.07) is 21.0. The quantitative estimate of drug-likeness (QED) is 0.171. The molecular formula is C37H52F3N3O3. The summed E-state index contributed by atoms with van der Waals surface area (Å²) in [4.78, 5) is 14.8. The number of aliphatic carboxylic acids is 1. The Hall–Kier alpha value is -4.11. The molecule has 0 heterocycles. The van der Waals surface area contributed by atoms with Gasteiger partial charge in [0, 0.05) is 12.2 Å². The minimum atomic E-state index is -4.22. The Morgan fingerprint density at radius 3 is 1.85 bits per heavy atom. The lowest BCUT2D eigenvalue weighted by atomic mass is 10.1. The minimum Gasteiger partial charge on any atom is -0.478 e. The van der Waals surface area contributed by atoms with E-state index in [1.54, 1.807) is 12.1 Å². The molecule has 0 unspecified atom stereocenters. The summed E-state index contributed by atoms with van der Waals surface area (Å²) >= 11 is 0. The summed E-state index contributed by atoms with van der Waals surface area (Å²) in [7, 11) is 1.91. The number of allylic oxidation sites excluding steroid dienone is 1. The third kappa shape index (κ3) is 16.3. The number of hydrogen-bond acceptors (Lipinski definition) is 5. The Labute approximate surface area is 273 Å². The van der Waals surface area contributed by atoms with Gasteiger partial charge in [0.25, 0.3) is 0 Å². The third-order valence-electron chi connectivity index (χ3n) is 6.30. The first-order valence-electron chi connectivity index (χ1n) is 15.6. The molecule has 6 nitrogen and oxygen atoms in total. The van der Waals surface area contributed by atoms with E-state index in [0.29, 0.717) is 5.75 Å². The lowest BCUT2D eigenvalue weighted by molar-refractivity contribution is -0.152. The number of likely N-dealkylation sites (N-methyl/N-ethyl adjacent to an activating group) is 1. The summed E-state index contributed by atoms with van der Waals surface area (Å²) in [5.74, 6) is -0.401. The first-order valence-corrected chi connectivity index (χ1v) is 15.6. The molecule has 0 saturated carbocycles. The van der Waals surface area contributed by atoms with Crippen molar-refractivity contribution >= 4 is 24.1 Å². The normalized spacial score (nSPS) is 11.0. The van der Waals surface area contributed by atoms with E-state index in [1.807, 2.05) is 77.2 Å². The highest BCUT2D eigenvalue weighted by molar-refractivity contribution is 5.76. The van der Waals surface area contributed by atoms with Crippen molar-refractivity contribution in [2.75, 3.05) is 25.5 Å². The smallest absolute Gasteiger partial charge is 0.416 e. The molecule has 46 heavy (non-hydrogen) atoms. The van der Waals surface area contributed by atoms with Gasteiger partial charge in [-0.15, -0.1) is 0 Å². The van der Waals surface area contributed by atoms with Crippen LogP contribution in [0.25, 0.3) is 5.70 Å². The van der Waals surface area contributed by atoms with Crippen LogP contribution in [0.15, 0.2) is 83.9 Å². The molecule has 0 aliphatic carbocycles. The van der Waals surface area contributed by atoms with Gasteiger partial charge in [0.15, 0.2) is 5.60 Å². The van der Waals surface area contributed by atoms with Crippen LogP contribution in [0.2, 0.25) is 0 Å². The largest absolute Gasteiger partial charge is 0.478 e. The van der Waals surface area contributed by atoms with Crippen LogP contribution in [0.1, 0.15) is 77.1 Å². The Morgan fingerprint density at radius 1 is 0.913 bits per heavy atom. The standard InChI is InChI=1S/C13H19NO3.C12H16N2.C10H11F3.C2H6/c1-13(2,12(15)16)17-11-6-4-10(5-7-11)8-9-14-3;1-4-12(13-3)10-6-8-11(9-7-10)14-5-2;1-2-3-8-4-6-9(7-5-8)10(11,12)13;1-2/h4-7,14H,8-9H2,1-3H3,(H,15,16);4,6-9,14H,3,5H2,1-2H3;4-7H,2-3H2,1H3;1-2H3/b;12-4-;;. The number of alkyl halides is 3. The Balaban J connectivity index is 0.000000648. The van der Waals surface area contributed by atoms with Gasteiger partial charge in [-0.3, -0.25) is 4.99 Å². The number of nitrogens with zero attached hydrogens (tertiary/aromatic N) is 1. The van der Waals surface area contributed by atoms with E-state index < -0.39 is 23.3 Å². The van der Waals surface area contributed by atoms with Crippen molar-refractivity contribution in [3.63, 3.8) is 0 Å². The maximum absolute atomic E-state index is 12.1. The van der Waals surface area contributed by atoms with Gasteiger partial charge in [-0.1, -0.05) is 69.7 Å². The molecule has 0 aliphatic rings. The van der Waals surface area contributed by atoms with E-state index in [4.69, 9.17) is 9.84 Å². The number of hydrogen-bond donors (Lipinski definition) is 3. The van der Waals surface area contributed by atoms with Gasteiger partial charge < -0.3 is 20.5 Å². The number of aryl methyl sites for hydroxylation is 1. The lowest BCUT2D eigenvalue weighted by Gasteiger charge is -2.21. The molecule has 0 fully saturated rings. The summed E-state index contributed by atoms with van der Waals surface area (Å²) in [6.45, 7) is 18.5. The first kappa shape index (κ1) is 41.9. The predicted octanol–water partition coefficient (Wildman–Crippen LogP) is 9.55. The van der Waals surface area contributed by atoms with Gasteiger partial charge in [0.05, 0.1) is 11.3 Å². The molecule has 0 aromatic heterocycles. The molecule has 254 valence electrons. The van der Waals surface area contributed by atoms with Gasteiger partial charge in [-0.2, -0.15) is 13.2 Å². The van der Waals surface area contributed by atoms with Crippen LogP contribution in [0.3, 0.4) is 0 Å². The number of nitrogens with one attached hydrogen (secondary N) is 2. The zero-order valence-corrected chi connectivity index (χ0v) is 28.6. The van der Waals surface area contributed by atoms with Gasteiger partial charge in [-0.05, 0) is 114 Å². The highest BCUT2D eigenvalue weighted by atomic mass is 19.4. The molecule has 3 aromatic rings. The second kappa shape index (κ2) is 22.4. The van der Waals surface area contributed by atoms with Crippen LogP contribution in [0.4, 0.5) is 18.9 Å². The number of benzene rings is 3. The zero-order valence-electron chi connectivity index (χ0n) is 28.6. The van der Waals surface area contributed by atoms with Crippen molar-refractivity contribution in [2.24, 2.45) is 4.99 Å². The number of carboxylic acid groups (broad SMARTS) is 1. The van der Waals surface area contributed by atoms with Gasteiger partial charge in [-0.25, -0.2) is 4.79 Å². The maximum atomic E-state index is 12.1. The van der Waals surface area contributed by atoms with E-state index in [9.17, 15) is 18.0 Å². The number of halogens is 3. The molecule has 9 heteroatoms. The number of carbonyl (C=O) groups is 1. The Bertz CT molecular complexity index is 1290. The zero-order chi connectivity index (χ0) is 35.2. The molecule has 0 atom stereocenters. The van der Waals surface area contributed by atoms with Crippen LogP contribution >= 0.6 is 0 Å². The van der Waals surface area contributed by atoms with Crippen molar-refractivity contribution in [2.45, 2.75) is 79.5 Å². The topological polar surface area (TPSA) is 83.0 Å². The average molecular weight is 644 g/mol. The number of anilines is 1. The van der Waals surface area contributed by atoms with Crippen molar-refractivity contribution in [1.29, 1.82) is 0 Å². The average Bonchev–Trinajstić information content (AvgIpc) is 3.04. The molecular weight excluding hydrogens is 591 g/mol. The monoisotopic (exact) mass is 643 g/mol. The summed E-state index contributed by atoms with van der Waals surface area (Å²) < 4.78 is 41.7. The van der Waals surface area contributed by atoms with Gasteiger partial charge >= 0.3 is 12.1 Å². The van der Waals surface area contributed by atoms with Crippen LogP contribution in [0, 0.1) is 0 Å². The molecule has 0 radical (unpaired) electrons. The third-order valence-corrected chi connectivity index (χ3v) is 6.30. The number of aliphatic imine (C=N–C) groups is 1. The van der Waals surface area contributed by atoms with Crippen LogP contribution in [-0.2, 0) is 23.8 Å². The van der Waals surface area contributed by atoms with Crippen molar-refractivity contribution in [3.8, 4) is 5.75 Å². The van der Waals surface area contributed by atoms with Gasteiger partial charge in [0.2, 0.25) is 0 Å². The molecule has 0 aliphatic heterocycles. The van der Waals surface area contributed by atoms with Crippen molar-refractivity contribution in [3.05, 3.63) is 101 Å². The number of rotatable bonds is 12. The summed E-state index contributed by atoms with van der Waals surface area (Å²) in [5.41, 5.74) is 3.53. The first-order chi connectivity index (χ1) is 21.8. The van der Waals surface area contributed by atoms with Gasteiger partial charge in [0.1, 0.15) is 5.75 Å². The van der Waals surface area contributed by atoms with Crippen LogP contribution in [-0.4, -0.2) is 43.5 Å². The SMILES string of the molecule is C=N/C(=C\C)c1ccc(NCC)cc1.CC.CCCc1ccc(C(F)(F)F)cc1.CNCCc1ccc(OC(C)(C)C(=O)O)cc1. The van der Waals surface area contributed by atoms with E-state index in [2.05, 4.69) is 29.3 Å². The molecule has 0 saturated heterocycles. The van der Waals surface area contributed by atoms with E-state index in [-0.39, 0.29) is 0 Å². The fraction of sp³-hybridized carbons (Fsp3) is 0.405. The Kier molecular flexibility index (Phi) is 20.4. The van der Waals surface area contributed by atoms with E-state index >= 15 is 0 Å². The lowest BCUT2D eigenvalue weighted by Crippen LogP contribution is -2.37. The van der Waals surface area contributed by atoms with Crippen molar-refractivity contribution < 1.29 is 27.8 Å². The highest BCUT2D eigenvalue weighted by Crippen LogP contribution is 2.29. The predicted molar refractivity (Wildman–Crippen MR) is 187 cm³/mol. The fourth-order valence-electron chi connectivity index (χ4n) is 3.79. The second-order valence-electron chi connectivity index (χ2n) is 10.3. The van der Waals surface area contributed by atoms with Crippen LogP contribution < -0.4 is 15.4 Å². The highest BCUT2D eigenvalue weighted by Gasteiger charge is 2.30.